The molecule has 0 aromatic heterocycles. The van der Waals surface area contributed by atoms with Crippen molar-refractivity contribution in [2.75, 3.05) is 20.8 Å². The number of nitrogens with two attached hydrogens (primary N) is 1. The molecule has 7 nitrogen and oxygen atoms in total. The molecule has 1 unspecified atom stereocenters. The lowest BCUT2D eigenvalue weighted by molar-refractivity contribution is -0.378. The van der Waals surface area contributed by atoms with Gasteiger partial charge in [0.25, 0.3) is 0 Å². The van der Waals surface area contributed by atoms with Crippen LogP contribution in [0, 0.1) is 10.1 Å². The Kier molecular flexibility index (Phi) is 5.21. The van der Waals surface area contributed by atoms with Crippen LogP contribution in [0.15, 0.2) is 24.0 Å². The van der Waals surface area contributed by atoms with E-state index in [1.54, 1.807) is 18.2 Å². The monoisotopic (exact) mass is 308 g/mol. The number of hydrogen-bond donors (Lipinski definition) is 1. The van der Waals surface area contributed by atoms with E-state index in [1.165, 1.54) is 14.2 Å². The first kappa shape index (κ1) is 16.1. The summed E-state index contributed by atoms with van der Waals surface area (Å²) in [5, 5.41) is 11.5. The van der Waals surface area contributed by atoms with E-state index in [0.717, 1.165) is 12.8 Å². The molecule has 2 rings (SSSR count). The Bertz CT molecular complexity index is 585. The number of nitrogens with zero attached hydrogens (tertiary/aromatic N) is 1. The first-order valence-corrected chi connectivity index (χ1v) is 7.07. The Morgan fingerprint density at radius 3 is 2.73 bits per heavy atom. The molecule has 1 heterocycles. The van der Waals surface area contributed by atoms with Crippen LogP contribution in [0.25, 0.3) is 5.70 Å². The van der Waals surface area contributed by atoms with E-state index >= 15 is 0 Å². The summed E-state index contributed by atoms with van der Waals surface area (Å²) in [6.07, 6.45) is 2.00. The summed E-state index contributed by atoms with van der Waals surface area (Å²) in [6.45, 7) is 0.348. The second-order valence-electron chi connectivity index (χ2n) is 4.97. The third kappa shape index (κ3) is 3.30. The molecule has 120 valence electrons. The van der Waals surface area contributed by atoms with E-state index in [2.05, 4.69) is 0 Å². The predicted octanol–water partition coefficient (Wildman–Crippen LogP) is 2.18. The van der Waals surface area contributed by atoms with Crippen molar-refractivity contribution in [1.29, 1.82) is 0 Å². The second-order valence-corrected chi connectivity index (χ2v) is 4.97. The smallest absolute Gasteiger partial charge is 0.313 e. The van der Waals surface area contributed by atoms with Crippen molar-refractivity contribution in [1.82, 2.24) is 0 Å². The van der Waals surface area contributed by atoms with Crippen LogP contribution in [0.4, 0.5) is 0 Å². The van der Waals surface area contributed by atoms with Crippen LogP contribution in [0.3, 0.4) is 0 Å². The minimum Gasteiger partial charge on any atom is -0.493 e. The first-order valence-electron chi connectivity index (χ1n) is 7.07. The molecule has 0 amide bonds. The van der Waals surface area contributed by atoms with Gasteiger partial charge in [-0.05, 0) is 31.0 Å². The fraction of sp³-hybridized carbons (Fsp3) is 0.467. The molecule has 1 saturated heterocycles. The molecular weight excluding hydrogens is 288 g/mol. The van der Waals surface area contributed by atoms with Gasteiger partial charge in [-0.3, -0.25) is 10.1 Å². The maximum absolute atomic E-state index is 11.5. The topological polar surface area (TPSA) is 96.9 Å². The van der Waals surface area contributed by atoms with Crippen molar-refractivity contribution in [2.24, 2.45) is 5.73 Å². The van der Waals surface area contributed by atoms with Crippen LogP contribution < -0.4 is 15.2 Å². The normalized spacial score (nSPS) is 20.0. The minimum atomic E-state index is -0.421. The number of allylic oxidation sites excluding steroid dienone is 1. The molecule has 7 heteroatoms. The molecule has 1 aromatic rings. The summed E-state index contributed by atoms with van der Waals surface area (Å²) < 4.78 is 16.0. The summed E-state index contributed by atoms with van der Waals surface area (Å²) in [5.74, 6) is 1.33. The summed E-state index contributed by atoms with van der Waals surface area (Å²) in [7, 11) is 3.00. The molecule has 1 aliphatic heterocycles. The molecule has 0 saturated carbocycles. The number of ether oxygens (including phenoxy) is 3. The number of hydrogen-bond acceptors (Lipinski definition) is 6. The molecule has 0 aliphatic carbocycles. The number of methoxy groups -OCH3 is 2. The maximum Gasteiger partial charge on any atom is 0.313 e. The second kappa shape index (κ2) is 7.13. The number of benzene rings is 1. The van der Waals surface area contributed by atoms with Gasteiger partial charge in [-0.15, -0.1) is 0 Å². The van der Waals surface area contributed by atoms with Crippen molar-refractivity contribution in [2.45, 2.75) is 25.4 Å². The van der Waals surface area contributed by atoms with Crippen molar-refractivity contribution in [3.05, 3.63) is 39.6 Å². The van der Waals surface area contributed by atoms with E-state index in [1.807, 2.05) is 0 Å². The minimum absolute atomic E-state index is 0.0425. The SMILES string of the molecule is COc1ccc(C(=C2CCCC(CN)O2)[N+](=O)[O-])cc1OC. The van der Waals surface area contributed by atoms with Gasteiger partial charge in [-0.2, -0.15) is 0 Å². The fourth-order valence-corrected chi connectivity index (χ4v) is 2.50. The van der Waals surface area contributed by atoms with Crippen LogP contribution in [-0.4, -0.2) is 31.8 Å². The largest absolute Gasteiger partial charge is 0.493 e. The van der Waals surface area contributed by atoms with Gasteiger partial charge in [-0.25, -0.2) is 0 Å². The van der Waals surface area contributed by atoms with Crippen molar-refractivity contribution in [3.63, 3.8) is 0 Å². The highest BCUT2D eigenvalue weighted by atomic mass is 16.6. The van der Waals surface area contributed by atoms with Gasteiger partial charge in [0.2, 0.25) is 0 Å². The van der Waals surface area contributed by atoms with E-state index in [-0.39, 0.29) is 11.8 Å². The third-order valence-electron chi connectivity index (χ3n) is 3.61. The van der Waals surface area contributed by atoms with Gasteiger partial charge in [0, 0.05) is 13.0 Å². The van der Waals surface area contributed by atoms with Crippen LogP contribution in [-0.2, 0) is 4.74 Å². The molecular formula is C15H20N2O5. The number of nitro groups is 1. The van der Waals surface area contributed by atoms with Crippen molar-refractivity contribution in [3.8, 4) is 11.5 Å². The Labute approximate surface area is 128 Å². The van der Waals surface area contributed by atoms with Gasteiger partial charge in [0.1, 0.15) is 6.10 Å². The average molecular weight is 308 g/mol. The highest BCUT2D eigenvalue weighted by molar-refractivity contribution is 5.64. The molecule has 22 heavy (non-hydrogen) atoms. The van der Waals surface area contributed by atoms with Gasteiger partial charge >= 0.3 is 5.70 Å². The average Bonchev–Trinajstić information content (AvgIpc) is 2.54. The summed E-state index contributed by atoms with van der Waals surface area (Å²) >= 11 is 0. The van der Waals surface area contributed by atoms with Gasteiger partial charge < -0.3 is 19.9 Å². The molecule has 1 fully saturated rings. The Balaban J connectivity index is 2.46. The first-order chi connectivity index (χ1) is 10.6. The fourth-order valence-electron chi connectivity index (χ4n) is 2.50. The van der Waals surface area contributed by atoms with E-state index in [9.17, 15) is 10.1 Å². The lowest BCUT2D eigenvalue weighted by Crippen LogP contribution is -2.27. The summed E-state index contributed by atoms with van der Waals surface area (Å²) in [5.41, 5.74) is 5.99. The van der Waals surface area contributed by atoms with Gasteiger partial charge in [0.05, 0.1) is 24.7 Å². The Hall–Kier alpha value is -2.28. The van der Waals surface area contributed by atoms with E-state index < -0.39 is 4.92 Å². The highest BCUT2D eigenvalue weighted by Crippen LogP contribution is 2.34. The molecule has 0 spiro atoms. The third-order valence-corrected chi connectivity index (χ3v) is 3.61. The standard InChI is InChI=1S/C15H20N2O5/c1-20-12-7-6-10(8-14(12)21-2)15(17(18)19)13-5-3-4-11(9-16)22-13/h6-8,11H,3-5,9,16H2,1-2H3. The zero-order valence-electron chi connectivity index (χ0n) is 12.7. The predicted molar refractivity (Wildman–Crippen MR) is 81.2 cm³/mol. The number of rotatable bonds is 5. The van der Waals surface area contributed by atoms with Gasteiger partial charge in [-0.1, -0.05) is 0 Å². The summed E-state index contributed by atoms with van der Waals surface area (Å²) in [6, 6.07) is 4.85. The van der Waals surface area contributed by atoms with Crippen LogP contribution >= 0.6 is 0 Å². The van der Waals surface area contributed by atoms with Crippen LogP contribution in [0.1, 0.15) is 24.8 Å². The van der Waals surface area contributed by atoms with Crippen LogP contribution in [0.2, 0.25) is 0 Å². The lowest BCUT2D eigenvalue weighted by Gasteiger charge is -2.24. The zero-order valence-corrected chi connectivity index (χ0v) is 12.7. The van der Waals surface area contributed by atoms with Crippen molar-refractivity contribution >= 4 is 5.70 Å². The molecule has 2 N–H and O–H groups in total. The van der Waals surface area contributed by atoms with Crippen molar-refractivity contribution < 1.29 is 19.1 Å². The van der Waals surface area contributed by atoms with Crippen LogP contribution in [0.5, 0.6) is 11.5 Å². The Morgan fingerprint density at radius 2 is 2.14 bits per heavy atom. The molecule has 1 atom stereocenters. The molecule has 1 aromatic carbocycles. The highest BCUT2D eigenvalue weighted by Gasteiger charge is 2.28. The van der Waals surface area contributed by atoms with Gasteiger partial charge in [0.15, 0.2) is 17.3 Å². The lowest BCUT2D eigenvalue weighted by atomic mass is 10.0. The van der Waals surface area contributed by atoms with E-state index in [0.29, 0.717) is 35.8 Å². The zero-order chi connectivity index (χ0) is 16.1. The quantitative estimate of drug-likeness (QED) is 0.661. The van der Waals surface area contributed by atoms with E-state index in [4.69, 9.17) is 19.9 Å². The molecule has 0 radical (unpaired) electrons. The molecule has 0 bridgehead atoms. The molecule has 1 aliphatic rings. The Morgan fingerprint density at radius 1 is 1.41 bits per heavy atom. The maximum atomic E-state index is 11.5. The summed E-state index contributed by atoms with van der Waals surface area (Å²) in [4.78, 5) is 11.1.